The van der Waals surface area contributed by atoms with E-state index in [1.54, 1.807) is 0 Å². The highest BCUT2D eigenvalue weighted by Crippen LogP contribution is 2.36. The molecule has 0 aliphatic rings. The average molecular weight is 296 g/mol. The van der Waals surface area contributed by atoms with E-state index < -0.39 is 22.4 Å². The lowest BCUT2D eigenvalue weighted by atomic mass is 10.1. The number of hydrogen-bond acceptors (Lipinski definition) is 2. The molecule has 2 aromatic rings. The van der Waals surface area contributed by atoms with Crippen molar-refractivity contribution >= 4 is 22.9 Å². The van der Waals surface area contributed by atoms with Gasteiger partial charge in [0.15, 0.2) is 5.01 Å². The first kappa shape index (κ1) is 13.3. The lowest BCUT2D eigenvalue weighted by Gasteiger charge is -2.06. The van der Waals surface area contributed by atoms with Crippen LogP contribution in [-0.4, -0.2) is 4.98 Å². The molecule has 2 rings (SSSR count). The summed E-state index contributed by atoms with van der Waals surface area (Å²) in [7, 11) is 0. The van der Waals surface area contributed by atoms with Gasteiger partial charge in [-0.1, -0.05) is 12.1 Å². The van der Waals surface area contributed by atoms with Gasteiger partial charge in [-0.3, -0.25) is 0 Å². The molecule has 0 saturated heterocycles. The Kier molecular flexibility index (Phi) is 3.59. The van der Waals surface area contributed by atoms with E-state index >= 15 is 0 Å². The Morgan fingerprint density at radius 2 is 1.78 bits per heavy atom. The number of aromatic nitrogens is 1. The highest BCUT2D eigenvalue weighted by molar-refractivity contribution is 7.09. The summed E-state index contributed by atoms with van der Waals surface area (Å²) in [5.41, 5.74) is 0.609. The van der Waals surface area contributed by atoms with Crippen molar-refractivity contribution in [1.82, 2.24) is 4.98 Å². The van der Waals surface area contributed by atoms with Crippen molar-refractivity contribution in [2.24, 2.45) is 0 Å². The molecule has 1 heterocycles. The second kappa shape index (κ2) is 4.85. The SMILES string of the molecule is Fc1ccc(C(Cl)c2csc(C(F)(F)F)n2)cc1. The summed E-state index contributed by atoms with van der Waals surface area (Å²) >= 11 is 6.49. The predicted octanol–water partition coefficient (Wildman–Crippen LogP) is 4.63. The van der Waals surface area contributed by atoms with Crippen LogP contribution >= 0.6 is 22.9 Å². The normalized spacial score (nSPS) is 13.6. The zero-order valence-electron chi connectivity index (χ0n) is 8.71. The molecule has 0 N–H and O–H groups in total. The van der Waals surface area contributed by atoms with Crippen molar-refractivity contribution < 1.29 is 17.6 Å². The number of alkyl halides is 4. The van der Waals surface area contributed by atoms with Crippen LogP contribution in [0.5, 0.6) is 0 Å². The fourth-order valence-corrected chi connectivity index (χ4v) is 2.38. The Morgan fingerprint density at radius 1 is 1.17 bits per heavy atom. The molecule has 0 saturated carbocycles. The Labute approximate surface area is 109 Å². The largest absolute Gasteiger partial charge is 0.443 e. The van der Waals surface area contributed by atoms with E-state index in [0.29, 0.717) is 16.9 Å². The van der Waals surface area contributed by atoms with E-state index in [-0.39, 0.29) is 5.69 Å². The number of hydrogen-bond donors (Lipinski definition) is 0. The van der Waals surface area contributed by atoms with Gasteiger partial charge < -0.3 is 0 Å². The van der Waals surface area contributed by atoms with Gasteiger partial charge in [0, 0.05) is 5.38 Å². The Hall–Kier alpha value is -1.14. The molecule has 1 nitrogen and oxygen atoms in total. The van der Waals surface area contributed by atoms with Gasteiger partial charge in [0.25, 0.3) is 0 Å². The molecular formula is C11H6ClF4NS. The van der Waals surface area contributed by atoms with Crippen LogP contribution in [0.25, 0.3) is 0 Å². The van der Waals surface area contributed by atoms with Gasteiger partial charge >= 0.3 is 6.18 Å². The van der Waals surface area contributed by atoms with Crippen molar-refractivity contribution in [3.05, 3.63) is 51.7 Å². The van der Waals surface area contributed by atoms with Crippen LogP contribution < -0.4 is 0 Å². The monoisotopic (exact) mass is 295 g/mol. The van der Waals surface area contributed by atoms with E-state index in [4.69, 9.17) is 11.6 Å². The van der Waals surface area contributed by atoms with Gasteiger partial charge in [-0.15, -0.1) is 22.9 Å². The van der Waals surface area contributed by atoms with Gasteiger partial charge in [-0.25, -0.2) is 9.37 Å². The minimum absolute atomic E-state index is 0.112. The third kappa shape index (κ3) is 2.81. The summed E-state index contributed by atoms with van der Waals surface area (Å²) < 4.78 is 49.8. The standard InChI is InChI=1S/C11H6ClF4NS/c12-9(6-1-3-7(13)4-2-6)8-5-18-10(17-8)11(14,15)16/h1-5,9H. The summed E-state index contributed by atoms with van der Waals surface area (Å²) in [5, 5.41) is -0.507. The number of thiazole rings is 1. The van der Waals surface area contributed by atoms with Crippen LogP contribution in [0, 0.1) is 5.82 Å². The first-order valence-electron chi connectivity index (χ1n) is 4.80. The zero-order chi connectivity index (χ0) is 13.3. The minimum Gasteiger partial charge on any atom is -0.235 e. The highest BCUT2D eigenvalue weighted by atomic mass is 35.5. The topological polar surface area (TPSA) is 12.9 Å². The second-order valence-corrected chi connectivity index (χ2v) is 4.78. The lowest BCUT2D eigenvalue weighted by Crippen LogP contribution is -2.04. The van der Waals surface area contributed by atoms with Gasteiger partial charge in [0.1, 0.15) is 11.2 Å². The first-order valence-corrected chi connectivity index (χ1v) is 6.11. The van der Waals surface area contributed by atoms with E-state index in [9.17, 15) is 17.6 Å². The third-order valence-electron chi connectivity index (χ3n) is 2.19. The molecule has 1 aromatic heterocycles. The van der Waals surface area contributed by atoms with E-state index in [1.165, 1.54) is 29.6 Å². The van der Waals surface area contributed by atoms with Crippen molar-refractivity contribution in [3.8, 4) is 0 Å². The molecule has 0 bridgehead atoms. The number of nitrogens with zero attached hydrogens (tertiary/aromatic N) is 1. The molecule has 18 heavy (non-hydrogen) atoms. The highest BCUT2D eigenvalue weighted by Gasteiger charge is 2.35. The molecule has 1 atom stereocenters. The molecule has 0 aliphatic carbocycles. The van der Waals surface area contributed by atoms with Gasteiger partial charge in [-0.05, 0) is 17.7 Å². The molecule has 0 radical (unpaired) electrons. The Bertz CT molecular complexity index is 535. The number of halogens is 5. The summed E-state index contributed by atoms with van der Waals surface area (Å²) in [6, 6.07) is 5.22. The zero-order valence-corrected chi connectivity index (χ0v) is 10.3. The maximum atomic E-state index is 12.7. The van der Waals surface area contributed by atoms with Crippen LogP contribution in [-0.2, 0) is 6.18 Å². The van der Waals surface area contributed by atoms with Crippen LogP contribution in [0.3, 0.4) is 0 Å². The molecular weight excluding hydrogens is 290 g/mol. The summed E-state index contributed by atoms with van der Waals surface area (Å²) in [6.45, 7) is 0. The smallest absolute Gasteiger partial charge is 0.235 e. The molecule has 0 amide bonds. The second-order valence-electron chi connectivity index (χ2n) is 3.49. The fourth-order valence-electron chi connectivity index (χ4n) is 1.34. The molecule has 0 spiro atoms. The molecule has 0 fully saturated rings. The molecule has 96 valence electrons. The Balaban J connectivity index is 2.26. The predicted molar refractivity (Wildman–Crippen MR) is 61.2 cm³/mol. The summed E-state index contributed by atoms with van der Waals surface area (Å²) in [5.74, 6) is -0.433. The van der Waals surface area contributed by atoms with Crippen molar-refractivity contribution in [3.63, 3.8) is 0 Å². The van der Waals surface area contributed by atoms with Crippen molar-refractivity contribution in [2.75, 3.05) is 0 Å². The van der Waals surface area contributed by atoms with Crippen LogP contribution in [0.2, 0.25) is 0 Å². The van der Waals surface area contributed by atoms with Gasteiger partial charge in [0.05, 0.1) is 5.69 Å². The Morgan fingerprint density at radius 3 is 2.28 bits per heavy atom. The first-order chi connectivity index (χ1) is 8.38. The molecule has 1 unspecified atom stereocenters. The summed E-state index contributed by atoms with van der Waals surface area (Å²) in [6.07, 6.45) is -4.47. The van der Waals surface area contributed by atoms with E-state index in [2.05, 4.69) is 4.98 Å². The molecule has 7 heteroatoms. The third-order valence-corrected chi connectivity index (χ3v) is 3.57. The van der Waals surface area contributed by atoms with Crippen LogP contribution in [0.15, 0.2) is 29.6 Å². The minimum atomic E-state index is -4.47. The van der Waals surface area contributed by atoms with E-state index in [1.807, 2.05) is 0 Å². The fraction of sp³-hybridized carbons (Fsp3) is 0.182. The van der Waals surface area contributed by atoms with Crippen molar-refractivity contribution in [1.29, 1.82) is 0 Å². The number of rotatable bonds is 2. The van der Waals surface area contributed by atoms with Crippen LogP contribution in [0.4, 0.5) is 17.6 Å². The van der Waals surface area contributed by atoms with Gasteiger partial charge in [-0.2, -0.15) is 13.2 Å². The summed E-state index contributed by atoms with van der Waals surface area (Å²) in [4.78, 5) is 3.45. The number of benzene rings is 1. The van der Waals surface area contributed by atoms with Crippen molar-refractivity contribution in [2.45, 2.75) is 11.6 Å². The maximum absolute atomic E-state index is 12.7. The quantitative estimate of drug-likeness (QED) is 0.581. The lowest BCUT2D eigenvalue weighted by molar-refractivity contribution is -0.137. The molecule has 0 aliphatic heterocycles. The molecule has 1 aromatic carbocycles. The van der Waals surface area contributed by atoms with Gasteiger partial charge in [0.2, 0.25) is 0 Å². The average Bonchev–Trinajstić information content (AvgIpc) is 2.78. The van der Waals surface area contributed by atoms with Crippen LogP contribution in [0.1, 0.15) is 21.6 Å². The maximum Gasteiger partial charge on any atom is 0.443 e. The van der Waals surface area contributed by atoms with E-state index in [0.717, 1.165) is 0 Å².